The van der Waals surface area contributed by atoms with Crippen LogP contribution in [0.1, 0.15) is 252 Å². The molecule has 0 aliphatic carbocycles. The number of carbonyl (C=O) groups is 4. The van der Waals surface area contributed by atoms with Crippen molar-refractivity contribution in [2.24, 2.45) is 0 Å². The molecule has 3 N–H and O–H groups in total. The minimum absolute atomic E-state index is 0.0469. The van der Waals surface area contributed by atoms with E-state index in [0.717, 1.165) is 109 Å². The average molecular weight is 1080 g/mol. The molecule has 0 aromatic heterocycles. The molecule has 6 atom stereocenters. The quantitative estimate of drug-likeness (QED) is 0.0228. The number of carbonyl (C=O) groups excluding carboxylic acids is 3. The lowest BCUT2D eigenvalue weighted by Gasteiger charge is -2.40. The summed E-state index contributed by atoms with van der Waals surface area (Å²) in [5.41, 5.74) is 0. The number of carboxylic acids is 1. The predicted molar refractivity (Wildman–Crippen MR) is 312 cm³/mol. The monoisotopic (exact) mass is 1080 g/mol. The van der Waals surface area contributed by atoms with E-state index < -0.39 is 67.3 Å². The highest BCUT2D eigenvalue weighted by atomic mass is 16.7. The fraction of sp³-hybridized carbons (Fsp3) is 0.723. The number of aliphatic carboxylic acids is 1. The van der Waals surface area contributed by atoms with Crippen LogP contribution in [0, 0.1) is 0 Å². The first-order chi connectivity index (χ1) is 37.6. The van der Waals surface area contributed by atoms with Gasteiger partial charge in [0, 0.05) is 19.3 Å². The second-order valence-corrected chi connectivity index (χ2v) is 20.6. The number of ether oxygens (including phenoxy) is 5. The topological polar surface area (TPSA) is 175 Å². The van der Waals surface area contributed by atoms with Crippen LogP contribution >= 0.6 is 0 Å². The minimum atomic E-state index is -1.91. The van der Waals surface area contributed by atoms with Crippen LogP contribution in [0.2, 0.25) is 0 Å². The lowest BCUT2D eigenvalue weighted by atomic mass is 9.98. The second-order valence-electron chi connectivity index (χ2n) is 20.6. The van der Waals surface area contributed by atoms with Crippen molar-refractivity contribution < 1.29 is 58.2 Å². The molecule has 12 nitrogen and oxygen atoms in total. The number of esters is 3. The summed E-state index contributed by atoms with van der Waals surface area (Å²) in [4.78, 5) is 51.1. The van der Waals surface area contributed by atoms with Crippen LogP contribution in [0.5, 0.6) is 0 Å². The van der Waals surface area contributed by atoms with Gasteiger partial charge in [-0.1, -0.05) is 209 Å². The number of aliphatic hydroxyl groups is 2. The Bertz CT molecular complexity index is 1660. The molecule has 0 spiro atoms. The third-order valence-electron chi connectivity index (χ3n) is 13.4. The van der Waals surface area contributed by atoms with Crippen molar-refractivity contribution in [3.05, 3.63) is 85.1 Å². The summed E-state index contributed by atoms with van der Waals surface area (Å²) < 4.78 is 28.4. The van der Waals surface area contributed by atoms with Crippen LogP contribution in [-0.4, -0.2) is 89.2 Å². The third-order valence-corrected chi connectivity index (χ3v) is 13.4. The SMILES string of the molecule is CC/C=C\C/C=C\C/C=C\C/C=C\C/C=C\CCCC(=O)OCC(COC1OC(C(=O)O)C(O)C(O)C1OC(=O)CCCCCCCCC/C=C\CCCCCCCC)OC(=O)CCCCCCC/C=C\CCCCCC. The van der Waals surface area contributed by atoms with E-state index in [4.69, 9.17) is 23.7 Å². The molecule has 77 heavy (non-hydrogen) atoms. The van der Waals surface area contributed by atoms with E-state index in [2.05, 4.69) is 99.8 Å². The number of hydrogen-bond acceptors (Lipinski definition) is 11. The summed E-state index contributed by atoms with van der Waals surface area (Å²) in [5.74, 6) is -3.21. The summed E-state index contributed by atoms with van der Waals surface area (Å²) in [5, 5.41) is 31.5. The van der Waals surface area contributed by atoms with E-state index in [0.29, 0.717) is 25.7 Å². The molecular formula is C65H108O12. The van der Waals surface area contributed by atoms with Crippen molar-refractivity contribution in [2.75, 3.05) is 13.2 Å². The van der Waals surface area contributed by atoms with Gasteiger partial charge in [-0.3, -0.25) is 14.4 Å². The lowest BCUT2D eigenvalue weighted by Crippen LogP contribution is -2.61. The maximum atomic E-state index is 13.1. The maximum absolute atomic E-state index is 13.1. The molecule has 0 radical (unpaired) electrons. The number of unbranched alkanes of at least 4 members (excludes halogenated alkanes) is 23. The third kappa shape index (κ3) is 42.5. The first-order valence-electron chi connectivity index (χ1n) is 30.6. The van der Waals surface area contributed by atoms with Crippen LogP contribution < -0.4 is 0 Å². The Kier molecular flexibility index (Phi) is 48.4. The van der Waals surface area contributed by atoms with Crippen molar-refractivity contribution >= 4 is 23.9 Å². The van der Waals surface area contributed by atoms with E-state index in [-0.39, 0.29) is 25.9 Å². The number of aliphatic hydroxyl groups excluding tert-OH is 2. The summed E-state index contributed by atoms with van der Waals surface area (Å²) in [6.07, 6.45) is 55.5. The summed E-state index contributed by atoms with van der Waals surface area (Å²) in [7, 11) is 0. The van der Waals surface area contributed by atoms with Crippen LogP contribution in [0.15, 0.2) is 85.1 Å². The highest BCUT2D eigenvalue weighted by Crippen LogP contribution is 2.26. The zero-order valence-corrected chi connectivity index (χ0v) is 48.4. The van der Waals surface area contributed by atoms with E-state index in [9.17, 15) is 34.5 Å². The van der Waals surface area contributed by atoms with Gasteiger partial charge in [0.15, 0.2) is 24.6 Å². The second kappa shape index (κ2) is 52.6. The molecule has 0 aromatic carbocycles. The number of rotatable bonds is 51. The first-order valence-corrected chi connectivity index (χ1v) is 30.6. The molecule has 0 aromatic rings. The molecule has 440 valence electrons. The normalized spacial score (nSPS) is 18.6. The number of carboxylic acid groups (broad SMARTS) is 1. The Labute approximate surface area is 467 Å². The predicted octanol–water partition coefficient (Wildman–Crippen LogP) is 15.9. The van der Waals surface area contributed by atoms with Crippen LogP contribution in [0.4, 0.5) is 0 Å². The van der Waals surface area contributed by atoms with Crippen LogP contribution in [0.25, 0.3) is 0 Å². The largest absolute Gasteiger partial charge is 0.479 e. The van der Waals surface area contributed by atoms with Crippen LogP contribution in [-0.2, 0) is 42.9 Å². The Hall–Kier alpha value is -4.10. The molecule has 1 heterocycles. The van der Waals surface area contributed by atoms with Gasteiger partial charge in [-0.15, -0.1) is 0 Å². The van der Waals surface area contributed by atoms with Gasteiger partial charge in [0.2, 0.25) is 0 Å². The molecule has 6 unspecified atom stereocenters. The Morgan fingerprint density at radius 3 is 1.31 bits per heavy atom. The van der Waals surface area contributed by atoms with Gasteiger partial charge in [-0.05, 0) is 109 Å². The average Bonchev–Trinajstić information content (AvgIpc) is 3.42. The van der Waals surface area contributed by atoms with Crippen molar-refractivity contribution in [3.8, 4) is 0 Å². The lowest BCUT2D eigenvalue weighted by molar-refractivity contribution is -0.301. The van der Waals surface area contributed by atoms with Crippen molar-refractivity contribution in [1.29, 1.82) is 0 Å². The molecule has 0 bridgehead atoms. The summed E-state index contributed by atoms with van der Waals surface area (Å²) >= 11 is 0. The molecule has 0 amide bonds. The number of hydrogen-bond donors (Lipinski definition) is 3. The molecule has 1 aliphatic heterocycles. The molecule has 1 aliphatic rings. The zero-order valence-electron chi connectivity index (χ0n) is 48.4. The van der Waals surface area contributed by atoms with Gasteiger partial charge in [0.1, 0.15) is 18.8 Å². The Balaban J connectivity index is 2.72. The highest BCUT2D eigenvalue weighted by molar-refractivity contribution is 5.74. The first kappa shape index (κ1) is 70.9. The van der Waals surface area contributed by atoms with Crippen molar-refractivity contribution in [2.45, 2.75) is 289 Å². The summed E-state index contributed by atoms with van der Waals surface area (Å²) in [6, 6.07) is 0. The van der Waals surface area contributed by atoms with E-state index in [1.165, 1.54) is 77.0 Å². The molecule has 1 fully saturated rings. The zero-order chi connectivity index (χ0) is 56.1. The van der Waals surface area contributed by atoms with Gasteiger partial charge in [0.25, 0.3) is 0 Å². The Morgan fingerprint density at radius 2 is 0.831 bits per heavy atom. The fourth-order valence-corrected chi connectivity index (χ4v) is 8.75. The number of allylic oxidation sites excluding steroid dienone is 14. The molecule has 1 rings (SSSR count). The van der Waals surface area contributed by atoms with Crippen LogP contribution in [0.3, 0.4) is 0 Å². The minimum Gasteiger partial charge on any atom is -0.479 e. The van der Waals surface area contributed by atoms with Gasteiger partial charge in [0.05, 0.1) is 6.61 Å². The Morgan fingerprint density at radius 1 is 0.442 bits per heavy atom. The van der Waals surface area contributed by atoms with E-state index in [1.807, 2.05) is 6.08 Å². The maximum Gasteiger partial charge on any atom is 0.335 e. The van der Waals surface area contributed by atoms with Crippen molar-refractivity contribution in [1.82, 2.24) is 0 Å². The fourth-order valence-electron chi connectivity index (χ4n) is 8.75. The van der Waals surface area contributed by atoms with Crippen molar-refractivity contribution in [3.63, 3.8) is 0 Å². The smallest absolute Gasteiger partial charge is 0.335 e. The van der Waals surface area contributed by atoms with E-state index in [1.54, 1.807) is 0 Å². The van der Waals surface area contributed by atoms with Gasteiger partial charge in [-0.2, -0.15) is 0 Å². The van der Waals surface area contributed by atoms with E-state index >= 15 is 0 Å². The highest BCUT2D eigenvalue weighted by Gasteiger charge is 2.50. The summed E-state index contributed by atoms with van der Waals surface area (Å²) in [6.45, 7) is 5.81. The molecule has 1 saturated heterocycles. The van der Waals surface area contributed by atoms with Gasteiger partial charge in [-0.25, -0.2) is 4.79 Å². The molecule has 12 heteroatoms. The standard InChI is InChI=1S/C65H108O12/c1-4-7-10-13-16-19-22-25-27-29-31-34-36-39-42-45-48-51-57(66)73-54-56(75-58(67)52-49-46-43-40-37-33-24-21-18-15-12-9-6-3)55-74-65-63(61(70)60(69)62(77-65)64(71)72)76-59(68)53-50-47-44-41-38-35-32-30-28-26-23-20-17-14-11-8-5-2/h7,10,16,19,21,24-28,31,34,39,42,56,60-63,65,69-70H,4-6,8-9,11-15,17-18,20,22-23,29-30,32-33,35-38,40-41,43-55H2,1-3H3,(H,71,72)/b10-7-,19-16-,24-21-,27-25-,28-26-,34-31-,42-39-. The van der Waals surface area contributed by atoms with Gasteiger partial charge >= 0.3 is 23.9 Å². The van der Waals surface area contributed by atoms with Gasteiger partial charge < -0.3 is 39.0 Å². The molecule has 0 saturated carbocycles. The molecular weight excluding hydrogens is 973 g/mol.